The summed E-state index contributed by atoms with van der Waals surface area (Å²) < 4.78 is 10.6. The van der Waals surface area contributed by atoms with Gasteiger partial charge in [-0.25, -0.2) is 4.79 Å². The molecule has 2 aromatic rings. The van der Waals surface area contributed by atoms with Gasteiger partial charge >= 0.3 is 5.97 Å². The van der Waals surface area contributed by atoms with Crippen molar-refractivity contribution in [3.8, 4) is 11.5 Å². The average molecular weight is 298 g/mol. The van der Waals surface area contributed by atoms with Gasteiger partial charge in [0.15, 0.2) is 0 Å². The van der Waals surface area contributed by atoms with E-state index in [1.54, 1.807) is 6.07 Å². The molecule has 4 heteroatoms. The van der Waals surface area contributed by atoms with Crippen molar-refractivity contribution < 1.29 is 19.4 Å². The van der Waals surface area contributed by atoms with Crippen molar-refractivity contribution in [3.63, 3.8) is 0 Å². The molecule has 0 aliphatic carbocycles. The minimum Gasteiger partial charge on any atom is -0.465 e. The van der Waals surface area contributed by atoms with E-state index in [2.05, 4.69) is 0 Å². The fourth-order valence-electron chi connectivity index (χ4n) is 2.11. The molecular formula is C18H18O4. The number of para-hydroxylation sites is 1. The zero-order valence-corrected chi connectivity index (χ0v) is 12.6. The van der Waals surface area contributed by atoms with E-state index in [4.69, 9.17) is 14.6 Å². The molecule has 2 aromatic carbocycles. The molecule has 0 aliphatic rings. The number of hydrogen-bond acceptors (Lipinski definition) is 4. The summed E-state index contributed by atoms with van der Waals surface area (Å²) in [5.41, 5.74) is 1.90. The van der Waals surface area contributed by atoms with Crippen molar-refractivity contribution in [1.82, 2.24) is 0 Å². The number of aliphatic hydroxyl groups is 1. The monoisotopic (exact) mass is 298 g/mol. The minimum atomic E-state index is -0.495. The van der Waals surface area contributed by atoms with Crippen molar-refractivity contribution in [3.05, 3.63) is 65.7 Å². The van der Waals surface area contributed by atoms with E-state index >= 15 is 0 Å². The maximum Gasteiger partial charge on any atom is 0.338 e. The number of ether oxygens (including phenoxy) is 2. The van der Waals surface area contributed by atoms with Crippen molar-refractivity contribution in [2.24, 2.45) is 0 Å². The van der Waals surface area contributed by atoms with Crippen molar-refractivity contribution in [2.45, 2.75) is 6.92 Å². The molecule has 0 aromatic heterocycles. The summed E-state index contributed by atoms with van der Waals surface area (Å²) in [6.45, 7) is 1.67. The van der Waals surface area contributed by atoms with E-state index in [0.717, 1.165) is 5.56 Å². The lowest BCUT2D eigenvalue weighted by Crippen LogP contribution is -2.05. The molecule has 0 spiro atoms. The predicted molar refractivity (Wildman–Crippen MR) is 84.8 cm³/mol. The summed E-state index contributed by atoms with van der Waals surface area (Å²) in [5.74, 6) is 0.837. The van der Waals surface area contributed by atoms with Crippen LogP contribution in [0.3, 0.4) is 0 Å². The highest BCUT2D eigenvalue weighted by atomic mass is 16.5. The Kier molecular flexibility index (Phi) is 5.33. The number of carbonyl (C=O) groups excluding carboxylic acids is 1. The largest absolute Gasteiger partial charge is 0.465 e. The zero-order valence-electron chi connectivity index (χ0n) is 12.6. The first-order valence-electron chi connectivity index (χ1n) is 6.88. The van der Waals surface area contributed by atoms with E-state index in [9.17, 15) is 4.79 Å². The maximum atomic E-state index is 11.8. The fourth-order valence-corrected chi connectivity index (χ4v) is 2.11. The number of methoxy groups -OCH3 is 1. The maximum absolute atomic E-state index is 11.8. The highest BCUT2D eigenvalue weighted by Crippen LogP contribution is 2.27. The van der Waals surface area contributed by atoms with Crippen LogP contribution >= 0.6 is 0 Å². The van der Waals surface area contributed by atoms with E-state index in [-0.39, 0.29) is 6.61 Å². The number of carbonyl (C=O) groups is 1. The van der Waals surface area contributed by atoms with Gasteiger partial charge in [0.25, 0.3) is 0 Å². The predicted octanol–water partition coefficient (Wildman–Crippen LogP) is 3.34. The number of aliphatic hydroxyl groups excluding tert-OH is 1. The van der Waals surface area contributed by atoms with Crippen LogP contribution in [0.25, 0.3) is 5.57 Å². The standard InChI is InChI=1S/C18H18O4/c1-13-10-14(17(8-9-19)18(20)21-2)12-16(11-13)22-15-6-4-3-5-7-15/h3-8,10-12,19H,9H2,1-2H3/b17-8+. The van der Waals surface area contributed by atoms with Crippen LogP contribution < -0.4 is 4.74 Å². The first-order valence-corrected chi connectivity index (χ1v) is 6.88. The molecule has 2 rings (SSSR count). The second-order valence-corrected chi connectivity index (χ2v) is 4.74. The van der Waals surface area contributed by atoms with E-state index in [1.165, 1.54) is 13.2 Å². The lowest BCUT2D eigenvalue weighted by Gasteiger charge is -2.11. The number of benzene rings is 2. The van der Waals surface area contributed by atoms with Crippen LogP contribution in [0.2, 0.25) is 0 Å². The molecule has 0 unspecified atom stereocenters. The molecule has 0 saturated carbocycles. The molecule has 4 nitrogen and oxygen atoms in total. The van der Waals surface area contributed by atoms with E-state index in [0.29, 0.717) is 22.6 Å². The van der Waals surface area contributed by atoms with Crippen LogP contribution in [-0.4, -0.2) is 24.8 Å². The van der Waals surface area contributed by atoms with Gasteiger partial charge in [-0.05, 0) is 48.4 Å². The summed E-state index contributed by atoms with van der Waals surface area (Å²) >= 11 is 0. The van der Waals surface area contributed by atoms with E-state index < -0.39 is 5.97 Å². The molecule has 1 N–H and O–H groups in total. The van der Waals surface area contributed by atoms with Crippen LogP contribution in [-0.2, 0) is 9.53 Å². The minimum absolute atomic E-state index is 0.243. The molecule has 0 radical (unpaired) electrons. The van der Waals surface area contributed by atoms with Gasteiger partial charge in [0.2, 0.25) is 0 Å². The smallest absolute Gasteiger partial charge is 0.338 e. The Balaban J connectivity index is 2.37. The molecule has 114 valence electrons. The van der Waals surface area contributed by atoms with Gasteiger partial charge in [-0.2, -0.15) is 0 Å². The number of rotatable bonds is 5. The Bertz CT molecular complexity index is 675. The lowest BCUT2D eigenvalue weighted by atomic mass is 10.0. The second kappa shape index (κ2) is 7.43. The Morgan fingerprint density at radius 1 is 1.14 bits per heavy atom. The van der Waals surface area contributed by atoms with Crippen LogP contribution in [0.5, 0.6) is 11.5 Å². The quantitative estimate of drug-likeness (QED) is 0.679. The topological polar surface area (TPSA) is 55.8 Å². The SMILES string of the molecule is COC(=O)/C(=C/CO)c1cc(C)cc(Oc2ccccc2)c1. The summed E-state index contributed by atoms with van der Waals surface area (Å²) in [7, 11) is 1.31. The molecule has 0 aliphatic heterocycles. The molecule has 22 heavy (non-hydrogen) atoms. The Morgan fingerprint density at radius 2 is 1.86 bits per heavy atom. The van der Waals surface area contributed by atoms with Gasteiger partial charge in [-0.15, -0.1) is 0 Å². The molecular weight excluding hydrogens is 280 g/mol. The first-order chi connectivity index (χ1) is 10.6. The van der Waals surface area contributed by atoms with E-state index in [1.807, 2.05) is 49.4 Å². The third kappa shape index (κ3) is 3.96. The first kappa shape index (κ1) is 15.8. The van der Waals surface area contributed by atoms with Gasteiger partial charge in [0.1, 0.15) is 11.5 Å². The average Bonchev–Trinajstić information content (AvgIpc) is 2.52. The van der Waals surface area contributed by atoms with Gasteiger partial charge in [-0.1, -0.05) is 24.3 Å². The summed E-state index contributed by atoms with van der Waals surface area (Å²) in [6.07, 6.45) is 1.42. The number of aryl methyl sites for hydroxylation is 1. The third-order valence-electron chi connectivity index (χ3n) is 3.04. The van der Waals surface area contributed by atoms with Crippen molar-refractivity contribution in [2.75, 3.05) is 13.7 Å². The van der Waals surface area contributed by atoms with Gasteiger partial charge in [0, 0.05) is 0 Å². The summed E-state index contributed by atoms with van der Waals surface area (Å²) in [6, 6.07) is 14.9. The zero-order chi connectivity index (χ0) is 15.9. The summed E-state index contributed by atoms with van der Waals surface area (Å²) in [4.78, 5) is 11.8. The highest BCUT2D eigenvalue weighted by molar-refractivity contribution is 6.16. The van der Waals surface area contributed by atoms with Gasteiger partial charge in [0.05, 0.1) is 19.3 Å². The Labute approximate surface area is 129 Å². The third-order valence-corrected chi connectivity index (χ3v) is 3.04. The highest BCUT2D eigenvalue weighted by Gasteiger charge is 2.13. The van der Waals surface area contributed by atoms with Crippen LogP contribution in [0.1, 0.15) is 11.1 Å². The Morgan fingerprint density at radius 3 is 2.50 bits per heavy atom. The normalized spacial score (nSPS) is 11.1. The Hall–Kier alpha value is -2.59. The molecule has 0 heterocycles. The second-order valence-electron chi connectivity index (χ2n) is 4.74. The van der Waals surface area contributed by atoms with Crippen molar-refractivity contribution in [1.29, 1.82) is 0 Å². The fraction of sp³-hybridized carbons (Fsp3) is 0.167. The van der Waals surface area contributed by atoms with Gasteiger partial charge in [-0.3, -0.25) is 0 Å². The number of hydrogen-bond donors (Lipinski definition) is 1. The van der Waals surface area contributed by atoms with Crippen molar-refractivity contribution >= 4 is 11.5 Å². The van der Waals surface area contributed by atoms with Crippen LogP contribution in [0, 0.1) is 6.92 Å². The van der Waals surface area contributed by atoms with Crippen LogP contribution in [0.4, 0.5) is 0 Å². The lowest BCUT2D eigenvalue weighted by molar-refractivity contribution is -0.133. The molecule has 0 fully saturated rings. The van der Waals surface area contributed by atoms with Crippen LogP contribution in [0.15, 0.2) is 54.6 Å². The van der Waals surface area contributed by atoms with Gasteiger partial charge < -0.3 is 14.6 Å². The molecule has 0 atom stereocenters. The summed E-state index contributed by atoms with van der Waals surface area (Å²) in [5, 5.41) is 9.10. The molecule has 0 saturated heterocycles. The molecule has 0 bridgehead atoms. The molecule has 0 amide bonds. The number of esters is 1.